The maximum Gasteiger partial charge on any atom is 0.251 e. The average molecular weight is 362 g/mol. The summed E-state index contributed by atoms with van der Waals surface area (Å²) in [6.07, 6.45) is 6.17. The smallest absolute Gasteiger partial charge is 0.251 e. The van der Waals surface area contributed by atoms with E-state index >= 15 is 0 Å². The molecule has 1 saturated heterocycles. The van der Waals surface area contributed by atoms with E-state index in [0.717, 1.165) is 25.8 Å². The third kappa shape index (κ3) is 4.26. The van der Waals surface area contributed by atoms with Gasteiger partial charge in [-0.3, -0.25) is 9.48 Å². The first-order valence-corrected chi connectivity index (χ1v) is 9.87. The van der Waals surface area contributed by atoms with E-state index in [-0.39, 0.29) is 10.8 Å². The van der Waals surface area contributed by atoms with Crippen LogP contribution in [0.25, 0.3) is 0 Å². The number of nitrogens with zero attached hydrogens (tertiary/aromatic N) is 3. The molecule has 8 heteroatoms. The van der Waals surface area contributed by atoms with E-state index in [1.54, 1.807) is 18.3 Å². The predicted octanol–water partition coefficient (Wildman–Crippen LogP) is 1.49. The average Bonchev–Trinajstić information content (AvgIpc) is 3.32. The molecule has 0 unspecified atom stereocenters. The van der Waals surface area contributed by atoms with Gasteiger partial charge in [-0.05, 0) is 49.6 Å². The van der Waals surface area contributed by atoms with Gasteiger partial charge in [-0.2, -0.15) is 9.40 Å². The van der Waals surface area contributed by atoms with Gasteiger partial charge in [0, 0.05) is 44.1 Å². The fourth-order valence-corrected chi connectivity index (χ4v) is 4.35. The maximum atomic E-state index is 12.5. The molecule has 0 saturated carbocycles. The zero-order valence-electron chi connectivity index (χ0n) is 14.0. The fraction of sp³-hybridized carbons (Fsp3) is 0.412. The molecule has 1 N–H and O–H groups in total. The highest BCUT2D eigenvalue weighted by Crippen LogP contribution is 2.21. The van der Waals surface area contributed by atoms with Crippen LogP contribution in [-0.4, -0.2) is 48.0 Å². The molecule has 25 heavy (non-hydrogen) atoms. The lowest BCUT2D eigenvalue weighted by atomic mass is 10.2. The summed E-state index contributed by atoms with van der Waals surface area (Å²) in [7, 11) is -3.44. The lowest BCUT2D eigenvalue weighted by Crippen LogP contribution is -2.28. The minimum Gasteiger partial charge on any atom is -0.352 e. The second-order valence-electron chi connectivity index (χ2n) is 6.01. The van der Waals surface area contributed by atoms with Gasteiger partial charge in [0.25, 0.3) is 5.91 Å². The minimum absolute atomic E-state index is 0.203. The molecule has 0 spiro atoms. The Balaban J connectivity index is 1.53. The molecule has 0 radical (unpaired) electrons. The first kappa shape index (κ1) is 17.6. The van der Waals surface area contributed by atoms with Gasteiger partial charge in [0.1, 0.15) is 0 Å². The normalized spacial score (nSPS) is 15.4. The summed E-state index contributed by atoms with van der Waals surface area (Å²) in [6.45, 7) is 2.41. The molecule has 1 aromatic carbocycles. The van der Waals surface area contributed by atoms with E-state index in [0.29, 0.717) is 25.2 Å². The number of carbonyl (C=O) groups is 1. The van der Waals surface area contributed by atoms with Gasteiger partial charge in [-0.1, -0.05) is 0 Å². The lowest BCUT2D eigenvalue weighted by molar-refractivity contribution is 0.0952. The van der Waals surface area contributed by atoms with Crippen LogP contribution in [0.5, 0.6) is 0 Å². The molecule has 0 bridgehead atoms. The number of aryl methyl sites for hydroxylation is 1. The van der Waals surface area contributed by atoms with E-state index in [1.807, 2.05) is 16.9 Å². The van der Waals surface area contributed by atoms with E-state index in [4.69, 9.17) is 0 Å². The highest BCUT2D eigenvalue weighted by atomic mass is 32.2. The van der Waals surface area contributed by atoms with Crippen molar-refractivity contribution in [2.45, 2.75) is 30.7 Å². The number of hydrogen-bond acceptors (Lipinski definition) is 4. The predicted molar refractivity (Wildman–Crippen MR) is 93.6 cm³/mol. The molecular formula is C17H22N4O3S. The third-order valence-corrected chi connectivity index (χ3v) is 6.14. The van der Waals surface area contributed by atoms with Crippen LogP contribution in [0.15, 0.2) is 47.6 Å². The number of rotatable bonds is 7. The summed E-state index contributed by atoms with van der Waals surface area (Å²) in [5.74, 6) is -0.203. The summed E-state index contributed by atoms with van der Waals surface area (Å²) in [5, 5.41) is 6.93. The zero-order chi connectivity index (χ0) is 17.7. The Bertz CT molecular complexity index is 795. The fourth-order valence-electron chi connectivity index (χ4n) is 2.83. The quantitative estimate of drug-likeness (QED) is 0.756. The van der Waals surface area contributed by atoms with Gasteiger partial charge in [-0.25, -0.2) is 8.42 Å². The number of carbonyl (C=O) groups excluding carboxylic acids is 1. The van der Waals surface area contributed by atoms with Crippen molar-refractivity contribution in [2.24, 2.45) is 0 Å². The van der Waals surface area contributed by atoms with Gasteiger partial charge < -0.3 is 5.32 Å². The molecule has 1 aromatic heterocycles. The third-order valence-electron chi connectivity index (χ3n) is 4.23. The Morgan fingerprint density at radius 3 is 2.52 bits per heavy atom. The van der Waals surface area contributed by atoms with Gasteiger partial charge >= 0.3 is 0 Å². The molecule has 1 aliphatic rings. The summed E-state index contributed by atoms with van der Waals surface area (Å²) in [4.78, 5) is 12.4. The molecule has 2 heterocycles. The zero-order valence-corrected chi connectivity index (χ0v) is 14.8. The molecule has 7 nitrogen and oxygen atoms in total. The molecule has 1 fully saturated rings. The van der Waals surface area contributed by atoms with Gasteiger partial charge in [0.2, 0.25) is 10.0 Å². The van der Waals surface area contributed by atoms with Crippen molar-refractivity contribution in [3.63, 3.8) is 0 Å². The topological polar surface area (TPSA) is 84.3 Å². The van der Waals surface area contributed by atoms with Crippen LogP contribution >= 0.6 is 0 Å². The Kier molecular flexibility index (Phi) is 5.50. The van der Waals surface area contributed by atoms with Crippen molar-refractivity contribution in [2.75, 3.05) is 19.6 Å². The summed E-state index contributed by atoms with van der Waals surface area (Å²) in [6, 6.07) is 7.99. The van der Waals surface area contributed by atoms with Gasteiger partial charge in [-0.15, -0.1) is 0 Å². The summed E-state index contributed by atoms with van der Waals surface area (Å²) < 4.78 is 28.2. The molecule has 1 amide bonds. The Labute approximate surface area is 147 Å². The van der Waals surface area contributed by atoms with Crippen LogP contribution in [0.3, 0.4) is 0 Å². The van der Waals surface area contributed by atoms with E-state index in [2.05, 4.69) is 10.4 Å². The van der Waals surface area contributed by atoms with Crippen molar-refractivity contribution in [1.29, 1.82) is 0 Å². The second kappa shape index (κ2) is 7.79. The molecule has 1 aliphatic heterocycles. The molecule has 0 aliphatic carbocycles. The highest BCUT2D eigenvalue weighted by Gasteiger charge is 2.27. The standard InChI is InChI=1S/C17H22N4O3S/c22-17(18-9-3-11-20-12-4-10-19-20)15-5-7-16(8-6-15)25(23,24)21-13-1-2-14-21/h4-8,10,12H,1-3,9,11,13-14H2,(H,18,22). The van der Waals surface area contributed by atoms with E-state index < -0.39 is 10.0 Å². The van der Waals surface area contributed by atoms with E-state index in [1.165, 1.54) is 16.4 Å². The number of aromatic nitrogens is 2. The number of benzene rings is 1. The highest BCUT2D eigenvalue weighted by molar-refractivity contribution is 7.89. The summed E-state index contributed by atoms with van der Waals surface area (Å²) >= 11 is 0. The first-order chi connectivity index (χ1) is 12.1. The van der Waals surface area contributed by atoms with Crippen LogP contribution in [0.4, 0.5) is 0 Å². The van der Waals surface area contributed by atoms with E-state index in [9.17, 15) is 13.2 Å². The molecule has 0 atom stereocenters. The second-order valence-corrected chi connectivity index (χ2v) is 7.95. The minimum atomic E-state index is -3.44. The summed E-state index contributed by atoms with van der Waals surface area (Å²) in [5.41, 5.74) is 0.458. The Hall–Kier alpha value is -2.19. The van der Waals surface area contributed by atoms with Crippen LogP contribution < -0.4 is 5.32 Å². The Morgan fingerprint density at radius 2 is 1.88 bits per heavy atom. The van der Waals surface area contributed by atoms with Crippen LogP contribution in [0.2, 0.25) is 0 Å². The van der Waals surface area contributed by atoms with Crippen molar-refractivity contribution in [1.82, 2.24) is 19.4 Å². The van der Waals surface area contributed by atoms with Crippen LogP contribution in [0.1, 0.15) is 29.6 Å². The maximum absolute atomic E-state index is 12.5. The molecule has 134 valence electrons. The van der Waals surface area contributed by atoms with Gasteiger partial charge in [0.15, 0.2) is 0 Å². The van der Waals surface area contributed by atoms with Crippen LogP contribution in [0, 0.1) is 0 Å². The van der Waals surface area contributed by atoms with Crippen molar-refractivity contribution < 1.29 is 13.2 Å². The van der Waals surface area contributed by atoms with Crippen LogP contribution in [-0.2, 0) is 16.6 Å². The number of amides is 1. The number of hydrogen-bond donors (Lipinski definition) is 1. The first-order valence-electron chi connectivity index (χ1n) is 8.43. The SMILES string of the molecule is O=C(NCCCn1cccn1)c1ccc(S(=O)(=O)N2CCCC2)cc1. The molecule has 2 aromatic rings. The van der Waals surface area contributed by atoms with Crippen molar-refractivity contribution in [3.8, 4) is 0 Å². The largest absolute Gasteiger partial charge is 0.352 e. The monoisotopic (exact) mass is 362 g/mol. The van der Waals surface area contributed by atoms with Gasteiger partial charge in [0.05, 0.1) is 4.90 Å². The molecular weight excluding hydrogens is 340 g/mol. The number of nitrogens with one attached hydrogen (secondary N) is 1. The lowest BCUT2D eigenvalue weighted by Gasteiger charge is -2.15. The van der Waals surface area contributed by atoms with Crippen molar-refractivity contribution in [3.05, 3.63) is 48.3 Å². The van der Waals surface area contributed by atoms with Crippen molar-refractivity contribution >= 4 is 15.9 Å². The number of sulfonamides is 1. The molecule has 3 rings (SSSR count). The Morgan fingerprint density at radius 1 is 1.16 bits per heavy atom.